The summed E-state index contributed by atoms with van der Waals surface area (Å²) in [5.74, 6) is 1.44. The van der Waals surface area contributed by atoms with Crippen molar-refractivity contribution in [3.05, 3.63) is 136 Å². The highest BCUT2D eigenvalue weighted by Crippen LogP contribution is 2.23. The van der Waals surface area contributed by atoms with Gasteiger partial charge in [0, 0.05) is 27.7 Å². The molecule has 0 spiro atoms. The summed E-state index contributed by atoms with van der Waals surface area (Å²) in [7, 11) is 0. The van der Waals surface area contributed by atoms with Gasteiger partial charge in [-0.25, -0.2) is 5.43 Å². The fourth-order valence-electron chi connectivity index (χ4n) is 4.31. The molecule has 0 aliphatic rings. The average molecular weight is 568 g/mol. The van der Waals surface area contributed by atoms with E-state index in [1.165, 1.54) is 23.2 Å². The summed E-state index contributed by atoms with van der Waals surface area (Å²) in [5, 5.41) is 4.60. The SMILES string of the molecule is Cc1ccc(COc2ccc(Cl)cc2/C=N/NC(=O)c2ccc(COc3ccc(-n4c(C)ccc4C)cc3)o2)cc1. The lowest BCUT2D eigenvalue weighted by Crippen LogP contribution is -2.16. The smallest absolute Gasteiger partial charge is 0.307 e. The zero-order chi connectivity index (χ0) is 28.8. The molecule has 2 aromatic heterocycles. The molecule has 2 heterocycles. The molecule has 0 saturated carbocycles. The molecule has 3 aromatic carbocycles. The summed E-state index contributed by atoms with van der Waals surface area (Å²) in [6.07, 6.45) is 1.49. The summed E-state index contributed by atoms with van der Waals surface area (Å²) in [6.45, 7) is 6.76. The Balaban J connectivity index is 1.15. The third-order valence-corrected chi connectivity index (χ3v) is 6.72. The first-order valence-electron chi connectivity index (χ1n) is 13.1. The van der Waals surface area contributed by atoms with Crippen LogP contribution >= 0.6 is 11.6 Å². The van der Waals surface area contributed by atoms with E-state index in [-0.39, 0.29) is 12.4 Å². The fraction of sp³-hybridized carbons (Fsp3) is 0.152. The predicted molar refractivity (Wildman–Crippen MR) is 160 cm³/mol. The highest BCUT2D eigenvalue weighted by Gasteiger charge is 2.12. The van der Waals surface area contributed by atoms with Crippen LogP contribution in [0.2, 0.25) is 5.02 Å². The Labute approximate surface area is 244 Å². The fourth-order valence-corrected chi connectivity index (χ4v) is 4.49. The number of furan rings is 1. The third-order valence-electron chi connectivity index (χ3n) is 6.49. The van der Waals surface area contributed by atoms with Crippen LogP contribution in [0.15, 0.2) is 101 Å². The van der Waals surface area contributed by atoms with Gasteiger partial charge in [-0.1, -0.05) is 41.4 Å². The van der Waals surface area contributed by atoms with Crippen molar-refractivity contribution in [3.8, 4) is 17.2 Å². The Kier molecular flexibility index (Phi) is 8.56. The first-order valence-corrected chi connectivity index (χ1v) is 13.5. The Morgan fingerprint density at radius 1 is 0.878 bits per heavy atom. The van der Waals surface area contributed by atoms with Crippen LogP contribution in [0.4, 0.5) is 0 Å². The number of rotatable bonds is 10. The first kappa shape index (κ1) is 27.8. The van der Waals surface area contributed by atoms with Crippen molar-refractivity contribution < 1.29 is 18.7 Å². The molecule has 0 bridgehead atoms. The second-order valence-electron chi connectivity index (χ2n) is 9.66. The lowest BCUT2D eigenvalue weighted by molar-refractivity contribution is 0.0923. The molecule has 0 unspecified atom stereocenters. The monoisotopic (exact) mass is 567 g/mol. The lowest BCUT2D eigenvalue weighted by atomic mass is 10.1. The molecule has 0 fully saturated rings. The number of aryl methyl sites for hydroxylation is 3. The number of nitrogens with zero attached hydrogens (tertiary/aromatic N) is 2. The molecular weight excluding hydrogens is 538 g/mol. The van der Waals surface area contributed by atoms with Crippen LogP contribution in [0.25, 0.3) is 5.69 Å². The van der Waals surface area contributed by atoms with Crippen LogP contribution in [0.3, 0.4) is 0 Å². The number of hydrogen-bond donors (Lipinski definition) is 1. The van der Waals surface area contributed by atoms with Crippen LogP contribution in [0, 0.1) is 20.8 Å². The summed E-state index contributed by atoms with van der Waals surface area (Å²) in [5.41, 5.74) is 8.74. The molecule has 5 rings (SSSR count). The van der Waals surface area contributed by atoms with Gasteiger partial charge in [-0.05, 0) is 93.1 Å². The third kappa shape index (κ3) is 7.07. The maximum absolute atomic E-state index is 12.6. The van der Waals surface area contributed by atoms with Gasteiger partial charge < -0.3 is 18.5 Å². The zero-order valence-electron chi connectivity index (χ0n) is 23.1. The molecule has 0 aliphatic heterocycles. The number of ether oxygens (including phenoxy) is 2. The number of carbonyl (C=O) groups is 1. The molecular formula is C33H30ClN3O4. The molecule has 0 atom stereocenters. The Hall–Kier alpha value is -4.75. The van der Waals surface area contributed by atoms with Crippen molar-refractivity contribution in [3.63, 3.8) is 0 Å². The minimum atomic E-state index is -0.488. The minimum Gasteiger partial charge on any atom is -0.488 e. The molecule has 0 saturated heterocycles. The van der Waals surface area contributed by atoms with Crippen LogP contribution in [-0.4, -0.2) is 16.7 Å². The van der Waals surface area contributed by atoms with Gasteiger partial charge in [0.1, 0.15) is 30.5 Å². The second-order valence-corrected chi connectivity index (χ2v) is 10.1. The van der Waals surface area contributed by atoms with E-state index in [9.17, 15) is 4.79 Å². The Bertz CT molecular complexity index is 1650. The van der Waals surface area contributed by atoms with Gasteiger partial charge >= 0.3 is 5.91 Å². The highest BCUT2D eigenvalue weighted by atomic mass is 35.5. The average Bonchev–Trinajstić information content (AvgIpc) is 3.58. The standard InChI is InChI=1S/C33H30ClN3O4/c1-22-4-8-25(9-5-22)20-40-31-16-10-27(34)18-26(31)19-35-36-33(38)32-17-15-30(41-32)21-39-29-13-11-28(12-14-29)37-23(2)6-7-24(37)3/h4-19H,20-21H2,1-3H3,(H,36,38)/b35-19+. The minimum absolute atomic E-state index is 0.122. The maximum Gasteiger partial charge on any atom is 0.307 e. The van der Waals surface area contributed by atoms with Gasteiger partial charge in [0.15, 0.2) is 5.76 Å². The summed E-state index contributed by atoms with van der Waals surface area (Å²) >= 11 is 6.18. The van der Waals surface area contributed by atoms with E-state index in [2.05, 4.69) is 41.1 Å². The van der Waals surface area contributed by atoms with Crippen LogP contribution < -0.4 is 14.9 Å². The van der Waals surface area contributed by atoms with E-state index in [1.807, 2.05) is 55.5 Å². The molecule has 41 heavy (non-hydrogen) atoms. The Morgan fingerprint density at radius 2 is 1.61 bits per heavy atom. The van der Waals surface area contributed by atoms with E-state index in [1.54, 1.807) is 30.3 Å². The molecule has 0 radical (unpaired) electrons. The van der Waals surface area contributed by atoms with Gasteiger partial charge in [0.05, 0.1) is 6.21 Å². The van der Waals surface area contributed by atoms with Crippen molar-refractivity contribution in [2.24, 2.45) is 5.10 Å². The summed E-state index contributed by atoms with van der Waals surface area (Å²) < 4.78 is 19.7. The molecule has 5 aromatic rings. The van der Waals surface area contributed by atoms with Crippen molar-refractivity contribution in [2.45, 2.75) is 34.0 Å². The van der Waals surface area contributed by atoms with Crippen molar-refractivity contribution in [2.75, 3.05) is 0 Å². The van der Waals surface area contributed by atoms with Gasteiger partial charge in [0.25, 0.3) is 0 Å². The summed E-state index contributed by atoms with van der Waals surface area (Å²) in [4.78, 5) is 12.6. The molecule has 208 valence electrons. The number of carbonyl (C=O) groups excluding carboxylic acids is 1. The summed E-state index contributed by atoms with van der Waals surface area (Å²) in [6, 6.07) is 28.6. The molecule has 8 heteroatoms. The number of amides is 1. The topological polar surface area (TPSA) is 78.0 Å². The predicted octanol–water partition coefficient (Wildman–Crippen LogP) is 7.57. The van der Waals surface area contributed by atoms with Gasteiger partial charge in [-0.2, -0.15) is 5.10 Å². The van der Waals surface area contributed by atoms with Crippen LogP contribution in [0.1, 0.15) is 44.4 Å². The zero-order valence-corrected chi connectivity index (χ0v) is 23.8. The van der Waals surface area contributed by atoms with E-state index in [0.717, 1.165) is 11.3 Å². The molecule has 7 nitrogen and oxygen atoms in total. The number of hydrogen-bond acceptors (Lipinski definition) is 5. The largest absolute Gasteiger partial charge is 0.488 e. The number of benzene rings is 3. The van der Waals surface area contributed by atoms with E-state index >= 15 is 0 Å². The highest BCUT2D eigenvalue weighted by molar-refractivity contribution is 6.30. The van der Waals surface area contributed by atoms with Crippen molar-refractivity contribution in [1.82, 2.24) is 9.99 Å². The van der Waals surface area contributed by atoms with Crippen molar-refractivity contribution >= 4 is 23.7 Å². The number of nitrogens with one attached hydrogen (secondary N) is 1. The van der Waals surface area contributed by atoms with Crippen LogP contribution in [0.5, 0.6) is 11.5 Å². The first-order chi connectivity index (χ1) is 19.9. The number of hydrazone groups is 1. The maximum atomic E-state index is 12.6. The Morgan fingerprint density at radius 3 is 2.34 bits per heavy atom. The van der Waals surface area contributed by atoms with Gasteiger partial charge in [0.2, 0.25) is 0 Å². The lowest BCUT2D eigenvalue weighted by Gasteiger charge is -2.10. The quantitative estimate of drug-likeness (QED) is 0.139. The van der Waals surface area contributed by atoms with E-state index in [0.29, 0.717) is 34.5 Å². The normalized spacial score (nSPS) is 11.1. The van der Waals surface area contributed by atoms with Crippen LogP contribution in [-0.2, 0) is 13.2 Å². The molecule has 1 amide bonds. The van der Waals surface area contributed by atoms with Crippen molar-refractivity contribution in [1.29, 1.82) is 0 Å². The molecule has 0 aliphatic carbocycles. The van der Waals surface area contributed by atoms with Gasteiger partial charge in [-0.3, -0.25) is 4.79 Å². The number of halogens is 1. The van der Waals surface area contributed by atoms with Gasteiger partial charge in [-0.15, -0.1) is 0 Å². The van der Waals surface area contributed by atoms with E-state index in [4.69, 9.17) is 25.5 Å². The van der Waals surface area contributed by atoms with E-state index < -0.39 is 5.91 Å². The molecule has 1 N–H and O–H groups in total. The second kappa shape index (κ2) is 12.6. The number of aromatic nitrogens is 1.